The summed E-state index contributed by atoms with van der Waals surface area (Å²) in [6, 6.07) is 6.27. The Morgan fingerprint density at radius 3 is 2.71 bits per heavy atom. The van der Waals surface area contributed by atoms with E-state index in [0.29, 0.717) is 18.5 Å². The second kappa shape index (κ2) is 7.25. The average molecular weight is 238 g/mol. The van der Waals surface area contributed by atoms with Crippen molar-refractivity contribution < 1.29 is 9.47 Å². The molecule has 0 saturated heterocycles. The molecule has 1 unspecified atom stereocenters. The highest BCUT2D eigenvalue weighted by molar-refractivity contribution is 5.16. The molecule has 0 bridgehead atoms. The minimum atomic E-state index is 0.0146. The van der Waals surface area contributed by atoms with Gasteiger partial charge in [-0.05, 0) is 13.0 Å². The normalized spacial score (nSPS) is 12.8. The van der Waals surface area contributed by atoms with Crippen LogP contribution >= 0.6 is 0 Å². The van der Waals surface area contributed by atoms with Gasteiger partial charge in [-0.25, -0.2) is 4.98 Å². The molecule has 1 heterocycles. The fourth-order valence-corrected chi connectivity index (χ4v) is 1.41. The second-order valence-electron chi connectivity index (χ2n) is 4.39. The van der Waals surface area contributed by atoms with Gasteiger partial charge in [0.2, 0.25) is 5.88 Å². The predicted molar refractivity (Wildman–Crippen MR) is 68.2 cm³/mol. The van der Waals surface area contributed by atoms with Gasteiger partial charge in [-0.15, -0.1) is 0 Å². The summed E-state index contributed by atoms with van der Waals surface area (Å²) in [6.45, 7) is 7.51. The summed E-state index contributed by atoms with van der Waals surface area (Å²) in [5, 5.41) is 3.32. The molecule has 96 valence electrons. The fraction of sp³-hybridized carbons (Fsp3) is 0.615. The molecule has 0 aliphatic rings. The van der Waals surface area contributed by atoms with Crippen molar-refractivity contribution in [1.29, 1.82) is 0 Å². The number of nitrogens with one attached hydrogen (secondary N) is 1. The molecule has 0 spiro atoms. The minimum Gasteiger partial charge on any atom is -0.472 e. The van der Waals surface area contributed by atoms with Crippen molar-refractivity contribution in [3.63, 3.8) is 0 Å². The van der Waals surface area contributed by atoms with Gasteiger partial charge in [0, 0.05) is 25.8 Å². The molecule has 1 N–H and O–H groups in total. The lowest BCUT2D eigenvalue weighted by Crippen LogP contribution is -2.23. The number of hydrogen-bond donors (Lipinski definition) is 1. The minimum absolute atomic E-state index is 0.0146. The summed E-state index contributed by atoms with van der Waals surface area (Å²) in [4.78, 5) is 4.43. The average Bonchev–Trinajstić information content (AvgIpc) is 2.27. The summed E-state index contributed by atoms with van der Waals surface area (Å²) >= 11 is 0. The Balaban J connectivity index is 2.53. The van der Waals surface area contributed by atoms with E-state index in [9.17, 15) is 0 Å². The van der Waals surface area contributed by atoms with Gasteiger partial charge in [-0.1, -0.05) is 19.9 Å². The van der Waals surface area contributed by atoms with Crippen molar-refractivity contribution in [3.05, 3.63) is 23.9 Å². The number of aromatic nitrogens is 1. The third-order valence-electron chi connectivity index (χ3n) is 2.20. The van der Waals surface area contributed by atoms with Crippen LogP contribution in [0.2, 0.25) is 0 Å². The lowest BCUT2D eigenvalue weighted by Gasteiger charge is -2.14. The Morgan fingerprint density at radius 1 is 1.29 bits per heavy atom. The van der Waals surface area contributed by atoms with Crippen molar-refractivity contribution in [2.75, 3.05) is 13.7 Å². The van der Waals surface area contributed by atoms with E-state index in [1.165, 1.54) is 0 Å². The Hall–Kier alpha value is -1.13. The van der Waals surface area contributed by atoms with E-state index in [4.69, 9.17) is 9.47 Å². The molecular weight excluding hydrogens is 216 g/mol. The zero-order chi connectivity index (χ0) is 12.7. The van der Waals surface area contributed by atoms with Crippen LogP contribution < -0.4 is 10.1 Å². The van der Waals surface area contributed by atoms with Gasteiger partial charge in [-0.2, -0.15) is 0 Å². The Labute approximate surface area is 103 Å². The van der Waals surface area contributed by atoms with E-state index in [1.807, 2.05) is 25.1 Å². The van der Waals surface area contributed by atoms with Crippen LogP contribution in [0.15, 0.2) is 18.2 Å². The number of pyridine rings is 1. The lowest BCUT2D eigenvalue weighted by molar-refractivity contribution is 0.0888. The summed E-state index contributed by atoms with van der Waals surface area (Å²) in [5.74, 6) is 0.651. The van der Waals surface area contributed by atoms with Gasteiger partial charge < -0.3 is 14.8 Å². The summed E-state index contributed by atoms with van der Waals surface area (Å²) in [5.41, 5.74) is 0.987. The molecule has 0 aliphatic heterocycles. The standard InChI is InChI=1S/C13H22N2O2/c1-10(2)14-8-12-6-5-7-13(15-12)17-11(3)9-16-4/h5-7,10-11,14H,8-9H2,1-4H3. The molecule has 4 nitrogen and oxygen atoms in total. The monoisotopic (exact) mass is 238 g/mol. The van der Waals surface area contributed by atoms with Crippen LogP contribution in [0.1, 0.15) is 26.5 Å². The smallest absolute Gasteiger partial charge is 0.213 e. The van der Waals surface area contributed by atoms with Gasteiger partial charge in [-0.3, -0.25) is 0 Å². The molecule has 1 atom stereocenters. The van der Waals surface area contributed by atoms with Crippen molar-refractivity contribution in [1.82, 2.24) is 10.3 Å². The quantitative estimate of drug-likeness (QED) is 0.789. The number of hydrogen-bond acceptors (Lipinski definition) is 4. The maximum atomic E-state index is 5.64. The van der Waals surface area contributed by atoms with Gasteiger partial charge in [0.05, 0.1) is 12.3 Å². The van der Waals surface area contributed by atoms with Crippen LogP contribution in [-0.2, 0) is 11.3 Å². The van der Waals surface area contributed by atoms with Gasteiger partial charge in [0.15, 0.2) is 0 Å². The first kappa shape index (κ1) is 13.9. The highest BCUT2D eigenvalue weighted by atomic mass is 16.5. The number of ether oxygens (including phenoxy) is 2. The Kier molecular flexibility index (Phi) is 5.94. The molecule has 0 saturated carbocycles. The first-order valence-corrected chi connectivity index (χ1v) is 5.96. The van der Waals surface area contributed by atoms with Gasteiger partial charge in [0.25, 0.3) is 0 Å². The summed E-state index contributed by atoms with van der Waals surface area (Å²) in [6.07, 6.45) is 0.0146. The second-order valence-corrected chi connectivity index (χ2v) is 4.39. The fourth-order valence-electron chi connectivity index (χ4n) is 1.41. The van der Waals surface area contributed by atoms with Gasteiger partial charge >= 0.3 is 0 Å². The third kappa shape index (κ3) is 5.65. The molecule has 17 heavy (non-hydrogen) atoms. The van der Waals surface area contributed by atoms with Crippen LogP contribution in [0.4, 0.5) is 0 Å². The number of nitrogens with zero attached hydrogens (tertiary/aromatic N) is 1. The first-order chi connectivity index (χ1) is 8.11. The summed E-state index contributed by atoms with van der Waals surface area (Å²) in [7, 11) is 1.66. The zero-order valence-electron chi connectivity index (χ0n) is 11.1. The van der Waals surface area contributed by atoms with E-state index in [1.54, 1.807) is 7.11 Å². The molecule has 0 aromatic carbocycles. The largest absolute Gasteiger partial charge is 0.472 e. The van der Waals surface area contributed by atoms with Gasteiger partial charge in [0.1, 0.15) is 6.10 Å². The molecule has 1 rings (SSSR count). The van der Waals surface area contributed by atoms with Crippen molar-refractivity contribution in [2.24, 2.45) is 0 Å². The predicted octanol–water partition coefficient (Wildman–Crippen LogP) is 1.99. The highest BCUT2D eigenvalue weighted by Gasteiger charge is 2.05. The molecular formula is C13H22N2O2. The zero-order valence-corrected chi connectivity index (χ0v) is 11.1. The van der Waals surface area contributed by atoms with E-state index in [2.05, 4.69) is 24.1 Å². The maximum Gasteiger partial charge on any atom is 0.213 e. The molecule has 1 aromatic rings. The van der Waals surface area contributed by atoms with Crippen molar-refractivity contribution in [3.8, 4) is 5.88 Å². The Bertz CT molecular complexity index is 329. The topological polar surface area (TPSA) is 43.4 Å². The van der Waals surface area contributed by atoms with E-state index >= 15 is 0 Å². The summed E-state index contributed by atoms with van der Waals surface area (Å²) < 4.78 is 10.7. The molecule has 0 amide bonds. The maximum absolute atomic E-state index is 5.64. The van der Waals surface area contributed by atoms with Crippen molar-refractivity contribution >= 4 is 0 Å². The lowest BCUT2D eigenvalue weighted by atomic mass is 10.3. The van der Waals surface area contributed by atoms with Crippen LogP contribution in [0.3, 0.4) is 0 Å². The molecule has 0 radical (unpaired) electrons. The molecule has 1 aromatic heterocycles. The van der Waals surface area contributed by atoms with Crippen LogP contribution in [0, 0.1) is 0 Å². The third-order valence-corrected chi connectivity index (χ3v) is 2.20. The molecule has 4 heteroatoms. The number of rotatable bonds is 7. The van der Waals surface area contributed by atoms with Crippen LogP contribution in [-0.4, -0.2) is 30.8 Å². The SMILES string of the molecule is COCC(C)Oc1cccc(CNC(C)C)n1. The molecule has 0 aliphatic carbocycles. The number of methoxy groups -OCH3 is 1. The van der Waals surface area contributed by atoms with Crippen molar-refractivity contribution in [2.45, 2.75) is 39.5 Å². The van der Waals surface area contributed by atoms with E-state index in [-0.39, 0.29) is 6.10 Å². The van der Waals surface area contributed by atoms with Crippen LogP contribution in [0.25, 0.3) is 0 Å². The van der Waals surface area contributed by atoms with Crippen LogP contribution in [0.5, 0.6) is 5.88 Å². The Morgan fingerprint density at radius 2 is 2.06 bits per heavy atom. The van der Waals surface area contributed by atoms with E-state index < -0.39 is 0 Å². The van der Waals surface area contributed by atoms with E-state index in [0.717, 1.165) is 12.2 Å². The highest BCUT2D eigenvalue weighted by Crippen LogP contribution is 2.10. The molecule has 0 fully saturated rings. The first-order valence-electron chi connectivity index (χ1n) is 5.96.